The number of hydrogen-bond donors (Lipinski definition) is 2. The molecule has 21 heavy (non-hydrogen) atoms. The molecule has 1 aromatic carbocycles. The predicted molar refractivity (Wildman–Crippen MR) is 83.3 cm³/mol. The van der Waals surface area contributed by atoms with Gasteiger partial charge in [0, 0.05) is 30.5 Å². The Bertz CT molecular complexity index is 658. The first-order valence-corrected chi connectivity index (χ1v) is 7.26. The van der Waals surface area contributed by atoms with Gasteiger partial charge >= 0.3 is 0 Å². The molecule has 0 aliphatic heterocycles. The van der Waals surface area contributed by atoms with Crippen molar-refractivity contribution in [2.75, 3.05) is 10.6 Å². The molecule has 0 unspecified atom stereocenters. The Morgan fingerprint density at radius 1 is 1.43 bits per heavy atom. The van der Waals surface area contributed by atoms with Gasteiger partial charge in [-0.2, -0.15) is 0 Å². The molecule has 1 aromatic heterocycles. The SMILES string of the molecule is CC(=O)Nc1ccc(C)c(NCc2cncn2C2CC2)c1. The lowest BCUT2D eigenvalue weighted by molar-refractivity contribution is -0.114. The van der Waals surface area contributed by atoms with Gasteiger partial charge in [0.05, 0.1) is 18.6 Å². The number of carbonyl (C=O) groups is 1. The van der Waals surface area contributed by atoms with Crippen LogP contribution in [0.25, 0.3) is 0 Å². The number of nitrogens with one attached hydrogen (secondary N) is 2. The largest absolute Gasteiger partial charge is 0.379 e. The van der Waals surface area contributed by atoms with E-state index in [0.717, 1.165) is 23.5 Å². The van der Waals surface area contributed by atoms with Crippen LogP contribution in [0.5, 0.6) is 0 Å². The van der Waals surface area contributed by atoms with E-state index in [1.807, 2.05) is 30.7 Å². The van der Waals surface area contributed by atoms with Crippen molar-refractivity contribution in [1.82, 2.24) is 9.55 Å². The fourth-order valence-electron chi connectivity index (χ4n) is 2.43. The van der Waals surface area contributed by atoms with E-state index in [-0.39, 0.29) is 5.91 Å². The molecule has 0 bridgehead atoms. The summed E-state index contributed by atoms with van der Waals surface area (Å²) in [6.07, 6.45) is 6.33. The Morgan fingerprint density at radius 3 is 2.95 bits per heavy atom. The van der Waals surface area contributed by atoms with Crippen LogP contribution in [-0.2, 0) is 11.3 Å². The van der Waals surface area contributed by atoms with E-state index in [0.29, 0.717) is 6.04 Å². The second kappa shape index (κ2) is 5.60. The third-order valence-corrected chi connectivity index (χ3v) is 3.70. The van der Waals surface area contributed by atoms with E-state index >= 15 is 0 Å². The van der Waals surface area contributed by atoms with Crippen LogP contribution < -0.4 is 10.6 Å². The smallest absolute Gasteiger partial charge is 0.221 e. The van der Waals surface area contributed by atoms with Crippen molar-refractivity contribution < 1.29 is 4.79 Å². The van der Waals surface area contributed by atoms with Gasteiger partial charge in [-0.1, -0.05) is 6.07 Å². The number of imidazole rings is 1. The Balaban J connectivity index is 1.71. The standard InChI is InChI=1S/C16H20N4O/c1-11-3-4-13(19-12(2)21)7-16(11)18-9-15-8-17-10-20(15)14-5-6-14/h3-4,7-8,10,14,18H,5-6,9H2,1-2H3,(H,19,21). The van der Waals surface area contributed by atoms with Gasteiger partial charge < -0.3 is 15.2 Å². The van der Waals surface area contributed by atoms with Crippen molar-refractivity contribution >= 4 is 17.3 Å². The number of carbonyl (C=O) groups excluding carboxylic acids is 1. The van der Waals surface area contributed by atoms with Crippen LogP contribution in [0.1, 0.15) is 37.1 Å². The molecule has 110 valence electrons. The van der Waals surface area contributed by atoms with Crippen LogP contribution in [-0.4, -0.2) is 15.5 Å². The lowest BCUT2D eigenvalue weighted by Crippen LogP contribution is -2.09. The highest BCUT2D eigenvalue weighted by Gasteiger charge is 2.24. The minimum atomic E-state index is -0.0587. The first-order chi connectivity index (χ1) is 10.1. The first kappa shape index (κ1) is 13.7. The second-order valence-electron chi connectivity index (χ2n) is 5.59. The Kier molecular flexibility index (Phi) is 3.64. The highest BCUT2D eigenvalue weighted by atomic mass is 16.1. The highest BCUT2D eigenvalue weighted by molar-refractivity contribution is 5.89. The number of aryl methyl sites for hydroxylation is 1. The fourth-order valence-corrected chi connectivity index (χ4v) is 2.43. The van der Waals surface area contributed by atoms with Gasteiger partial charge in [-0.3, -0.25) is 4.79 Å². The van der Waals surface area contributed by atoms with Crippen molar-refractivity contribution in [3.63, 3.8) is 0 Å². The number of hydrogen-bond acceptors (Lipinski definition) is 3. The summed E-state index contributed by atoms with van der Waals surface area (Å²) in [7, 11) is 0. The van der Waals surface area contributed by atoms with Crippen molar-refractivity contribution in [3.05, 3.63) is 42.0 Å². The van der Waals surface area contributed by atoms with E-state index in [1.165, 1.54) is 25.5 Å². The van der Waals surface area contributed by atoms with Crippen LogP contribution in [0.4, 0.5) is 11.4 Å². The molecule has 1 amide bonds. The molecule has 1 saturated carbocycles. The van der Waals surface area contributed by atoms with Gasteiger partial charge in [0.15, 0.2) is 0 Å². The van der Waals surface area contributed by atoms with Crippen molar-refractivity contribution in [2.45, 2.75) is 39.3 Å². The third-order valence-electron chi connectivity index (χ3n) is 3.70. The molecule has 2 N–H and O–H groups in total. The molecule has 1 heterocycles. The summed E-state index contributed by atoms with van der Waals surface area (Å²) in [6.45, 7) is 4.31. The highest BCUT2D eigenvalue weighted by Crippen LogP contribution is 2.35. The van der Waals surface area contributed by atoms with E-state index in [9.17, 15) is 4.79 Å². The number of aromatic nitrogens is 2. The Labute approximate surface area is 124 Å². The molecule has 1 aliphatic carbocycles. The fraction of sp³-hybridized carbons (Fsp3) is 0.375. The first-order valence-electron chi connectivity index (χ1n) is 7.26. The minimum absolute atomic E-state index is 0.0587. The van der Waals surface area contributed by atoms with Crippen LogP contribution >= 0.6 is 0 Å². The number of rotatable bonds is 5. The third kappa shape index (κ3) is 3.24. The molecular formula is C16H20N4O. The summed E-state index contributed by atoms with van der Waals surface area (Å²) in [5.41, 5.74) is 4.19. The Morgan fingerprint density at radius 2 is 2.24 bits per heavy atom. The van der Waals surface area contributed by atoms with Crippen LogP contribution in [0, 0.1) is 6.92 Å². The average molecular weight is 284 g/mol. The summed E-state index contributed by atoms with van der Waals surface area (Å²) in [4.78, 5) is 15.4. The maximum absolute atomic E-state index is 11.1. The van der Waals surface area contributed by atoms with Crippen molar-refractivity contribution in [3.8, 4) is 0 Å². The minimum Gasteiger partial charge on any atom is -0.379 e. The summed E-state index contributed by atoms with van der Waals surface area (Å²) in [5.74, 6) is -0.0587. The molecule has 5 heteroatoms. The number of nitrogens with zero attached hydrogens (tertiary/aromatic N) is 2. The molecule has 2 aromatic rings. The van der Waals surface area contributed by atoms with Crippen molar-refractivity contribution in [1.29, 1.82) is 0 Å². The van der Waals surface area contributed by atoms with Crippen LogP contribution in [0.2, 0.25) is 0 Å². The lowest BCUT2D eigenvalue weighted by atomic mass is 10.1. The predicted octanol–water partition coefficient (Wildman–Crippen LogP) is 3.10. The van der Waals surface area contributed by atoms with Crippen molar-refractivity contribution in [2.24, 2.45) is 0 Å². The monoisotopic (exact) mass is 284 g/mol. The van der Waals surface area contributed by atoms with Crippen LogP contribution in [0.15, 0.2) is 30.7 Å². The Hall–Kier alpha value is -2.30. The van der Waals surface area contributed by atoms with Gasteiger partial charge in [0.25, 0.3) is 0 Å². The zero-order valence-electron chi connectivity index (χ0n) is 12.4. The molecule has 0 atom stereocenters. The summed E-state index contributed by atoms with van der Waals surface area (Å²) in [5, 5.41) is 6.25. The number of amides is 1. The molecule has 3 rings (SSSR count). The number of benzene rings is 1. The molecule has 0 spiro atoms. The molecule has 5 nitrogen and oxygen atoms in total. The number of anilines is 2. The van der Waals surface area contributed by atoms with E-state index in [4.69, 9.17) is 0 Å². The molecular weight excluding hydrogens is 264 g/mol. The molecule has 1 aliphatic rings. The average Bonchev–Trinajstić information content (AvgIpc) is 3.18. The van der Waals surface area contributed by atoms with Gasteiger partial charge in [-0.05, 0) is 37.5 Å². The van der Waals surface area contributed by atoms with E-state index < -0.39 is 0 Å². The maximum Gasteiger partial charge on any atom is 0.221 e. The van der Waals surface area contributed by atoms with E-state index in [1.54, 1.807) is 0 Å². The zero-order valence-corrected chi connectivity index (χ0v) is 12.4. The summed E-state index contributed by atoms with van der Waals surface area (Å²) in [6, 6.07) is 6.52. The molecule has 1 fully saturated rings. The van der Waals surface area contributed by atoms with Crippen LogP contribution in [0.3, 0.4) is 0 Å². The summed E-state index contributed by atoms with van der Waals surface area (Å²) < 4.78 is 2.25. The van der Waals surface area contributed by atoms with Gasteiger partial charge in [-0.25, -0.2) is 4.98 Å². The van der Waals surface area contributed by atoms with Gasteiger partial charge in [-0.15, -0.1) is 0 Å². The maximum atomic E-state index is 11.1. The molecule has 0 radical (unpaired) electrons. The normalized spacial score (nSPS) is 14.0. The second-order valence-corrected chi connectivity index (χ2v) is 5.59. The summed E-state index contributed by atoms with van der Waals surface area (Å²) >= 11 is 0. The van der Waals surface area contributed by atoms with Gasteiger partial charge in [0.2, 0.25) is 5.91 Å². The van der Waals surface area contributed by atoms with E-state index in [2.05, 4.69) is 27.1 Å². The topological polar surface area (TPSA) is 59.0 Å². The van der Waals surface area contributed by atoms with Gasteiger partial charge in [0.1, 0.15) is 0 Å². The zero-order chi connectivity index (χ0) is 14.8. The quantitative estimate of drug-likeness (QED) is 0.887. The molecule has 0 saturated heterocycles. The lowest BCUT2D eigenvalue weighted by Gasteiger charge is -2.13.